The van der Waals surface area contributed by atoms with Crippen LogP contribution in [0.3, 0.4) is 0 Å². The van der Waals surface area contributed by atoms with Crippen LogP contribution in [0.1, 0.15) is 28.4 Å². The SMILES string of the molecule is CCOC(=O)c1cc(Br)c(C)cc1CBr. The Balaban J connectivity index is 3.15. The second-order valence-electron chi connectivity index (χ2n) is 3.11. The normalized spacial score (nSPS) is 10.1. The Kier molecular flexibility index (Phi) is 4.80. The van der Waals surface area contributed by atoms with Crippen LogP contribution in [0.15, 0.2) is 16.6 Å². The molecule has 0 bridgehead atoms. The van der Waals surface area contributed by atoms with Crippen LogP contribution in [-0.2, 0) is 10.1 Å². The van der Waals surface area contributed by atoms with Crippen molar-refractivity contribution in [1.29, 1.82) is 0 Å². The van der Waals surface area contributed by atoms with Gasteiger partial charge in [0, 0.05) is 9.80 Å². The number of alkyl halides is 1. The zero-order chi connectivity index (χ0) is 11.4. The van der Waals surface area contributed by atoms with Gasteiger partial charge in [0.15, 0.2) is 0 Å². The summed E-state index contributed by atoms with van der Waals surface area (Å²) >= 11 is 6.77. The lowest BCUT2D eigenvalue weighted by atomic mass is 10.1. The van der Waals surface area contributed by atoms with Crippen molar-refractivity contribution in [1.82, 2.24) is 0 Å². The molecule has 0 saturated carbocycles. The maximum absolute atomic E-state index is 11.6. The summed E-state index contributed by atoms with van der Waals surface area (Å²) in [6.45, 7) is 4.19. The molecule has 0 fully saturated rings. The van der Waals surface area contributed by atoms with E-state index in [0.717, 1.165) is 15.6 Å². The van der Waals surface area contributed by atoms with Gasteiger partial charge in [-0.25, -0.2) is 4.79 Å². The molecule has 82 valence electrons. The first-order chi connectivity index (χ1) is 7.10. The topological polar surface area (TPSA) is 26.3 Å². The molecule has 1 aromatic carbocycles. The standard InChI is InChI=1S/C11H12Br2O2/c1-3-15-11(14)9-5-10(13)7(2)4-8(9)6-12/h4-5H,3,6H2,1-2H3. The highest BCUT2D eigenvalue weighted by molar-refractivity contribution is 9.10. The minimum Gasteiger partial charge on any atom is -0.462 e. The zero-order valence-corrected chi connectivity index (χ0v) is 11.8. The van der Waals surface area contributed by atoms with E-state index in [4.69, 9.17) is 4.74 Å². The van der Waals surface area contributed by atoms with Crippen LogP contribution in [0.2, 0.25) is 0 Å². The highest BCUT2D eigenvalue weighted by Crippen LogP contribution is 2.23. The van der Waals surface area contributed by atoms with Crippen molar-refractivity contribution in [3.8, 4) is 0 Å². The number of aryl methyl sites for hydroxylation is 1. The molecule has 0 radical (unpaired) electrons. The van der Waals surface area contributed by atoms with Gasteiger partial charge in [-0.05, 0) is 31.0 Å². The average molecular weight is 336 g/mol. The molecule has 0 aliphatic carbocycles. The van der Waals surface area contributed by atoms with Crippen molar-refractivity contribution in [2.75, 3.05) is 6.61 Å². The van der Waals surface area contributed by atoms with Gasteiger partial charge in [-0.15, -0.1) is 0 Å². The molecule has 0 spiro atoms. The molecule has 0 aliphatic heterocycles. The lowest BCUT2D eigenvalue weighted by molar-refractivity contribution is 0.0525. The smallest absolute Gasteiger partial charge is 0.338 e. The Morgan fingerprint density at radius 2 is 2.13 bits per heavy atom. The summed E-state index contributed by atoms with van der Waals surface area (Å²) in [6.07, 6.45) is 0. The number of esters is 1. The maximum Gasteiger partial charge on any atom is 0.338 e. The molecule has 0 heterocycles. The Bertz CT molecular complexity index is 375. The zero-order valence-electron chi connectivity index (χ0n) is 8.64. The molecule has 15 heavy (non-hydrogen) atoms. The molecule has 0 aliphatic rings. The van der Waals surface area contributed by atoms with Crippen LogP contribution in [-0.4, -0.2) is 12.6 Å². The first-order valence-corrected chi connectivity index (χ1v) is 6.53. The highest BCUT2D eigenvalue weighted by Gasteiger charge is 2.13. The fraction of sp³-hybridized carbons (Fsp3) is 0.364. The van der Waals surface area contributed by atoms with Crippen molar-refractivity contribution in [2.24, 2.45) is 0 Å². The highest BCUT2D eigenvalue weighted by atomic mass is 79.9. The summed E-state index contributed by atoms with van der Waals surface area (Å²) in [7, 11) is 0. The predicted octanol–water partition coefficient (Wildman–Crippen LogP) is 3.83. The van der Waals surface area contributed by atoms with E-state index in [1.165, 1.54) is 0 Å². The predicted molar refractivity (Wildman–Crippen MR) is 67.5 cm³/mol. The molecule has 1 rings (SSSR count). The Labute approximate surface area is 106 Å². The van der Waals surface area contributed by atoms with Crippen LogP contribution in [0.4, 0.5) is 0 Å². The molecular formula is C11H12Br2O2. The molecule has 0 atom stereocenters. The third-order valence-corrected chi connectivity index (χ3v) is 3.48. The van der Waals surface area contributed by atoms with Gasteiger partial charge in [-0.1, -0.05) is 37.9 Å². The first-order valence-electron chi connectivity index (χ1n) is 4.62. The number of hydrogen-bond acceptors (Lipinski definition) is 2. The molecule has 0 aromatic heterocycles. The summed E-state index contributed by atoms with van der Waals surface area (Å²) in [4.78, 5) is 11.6. The van der Waals surface area contributed by atoms with Crippen molar-refractivity contribution in [3.63, 3.8) is 0 Å². The fourth-order valence-electron chi connectivity index (χ4n) is 1.25. The summed E-state index contributed by atoms with van der Waals surface area (Å²) in [5.74, 6) is -0.271. The first kappa shape index (κ1) is 12.7. The molecule has 0 N–H and O–H groups in total. The number of carbonyl (C=O) groups is 1. The van der Waals surface area contributed by atoms with Gasteiger partial charge < -0.3 is 4.74 Å². The van der Waals surface area contributed by atoms with E-state index in [2.05, 4.69) is 31.9 Å². The van der Waals surface area contributed by atoms with Crippen LogP contribution in [0, 0.1) is 6.92 Å². The summed E-state index contributed by atoms with van der Waals surface area (Å²) in [5, 5.41) is 0.648. The monoisotopic (exact) mass is 334 g/mol. The van der Waals surface area contributed by atoms with Gasteiger partial charge in [0.05, 0.1) is 12.2 Å². The van der Waals surface area contributed by atoms with Gasteiger partial charge in [-0.2, -0.15) is 0 Å². The number of halogens is 2. The lowest BCUT2D eigenvalue weighted by Gasteiger charge is -2.09. The second kappa shape index (κ2) is 5.66. The Hall–Kier alpha value is -0.350. The van der Waals surface area contributed by atoms with E-state index in [0.29, 0.717) is 17.5 Å². The van der Waals surface area contributed by atoms with Gasteiger partial charge in [0.1, 0.15) is 0 Å². The number of rotatable bonds is 3. The van der Waals surface area contributed by atoms with Crippen molar-refractivity contribution in [3.05, 3.63) is 33.3 Å². The molecular weight excluding hydrogens is 324 g/mol. The van der Waals surface area contributed by atoms with E-state index >= 15 is 0 Å². The number of carbonyl (C=O) groups excluding carboxylic acids is 1. The van der Waals surface area contributed by atoms with Crippen molar-refractivity contribution < 1.29 is 9.53 Å². The average Bonchev–Trinajstić information content (AvgIpc) is 2.21. The van der Waals surface area contributed by atoms with E-state index in [9.17, 15) is 4.79 Å². The molecule has 0 saturated heterocycles. The van der Waals surface area contributed by atoms with E-state index in [1.54, 1.807) is 6.92 Å². The van der Waals surface area contributed by atoms with Crippen molar-refractivity contribution >= 4 is 37.8 Å². The number of benzene rings is 1. The lowest BCUT2D eigenvalue weighted by Crippen LogP contribution is -2.08. The molecule has 0 unspecified atom stereocenters. The van der Waals surface area contributed by atoms with E-state index in [-0.39, 0.29) is 5.97 Å². The third kappa shape index (κ3) is 3.05. The summed E-state index contributed by atoms with van der Waals surface area (Å²) in [5.41, 5.74) is 2.68. The molecule has 2 nitrogen and oxygen atoms in total. The summed E-state index contributed by atoms with van der Waals surface area (Å²) < 4.78 is 5.91. The van der Waals surface area contributed by atoms with Crippen LogP contribution in [0.5, 0.6) is 0 Å². The number of hydrogen-bond donors (Lipinski definition) is 0. The van der Waals surface area contributed by atoms with Crippen LogP contribution >= 0.6 is 31.9 Å². The fourth-order valence-corrected chi connectivity index (χ4v) is 2.06. The molecule has 0 amide bonds. The largest absolute Gasteiger partial charge is 0.462 e. The quantitative estimate of drug-likeness (QED) is 0.620. The van der Waals surface area contributed by atoms with Gasteiger partial charge in [-0.3, -0.25) is 0 Å². The van der Waals surface area contributed by atoms with Crippen molar-refractivity contribution in [2.45, 2.75) is 19.2 Å². The molecule has 1 aromatic rings. The van der Waals surface area contributed by atoms with Crippen LogP contribution in [0.25, 0.3) is 0 Å². The minimum absolute atomic E-state index is 0.271. The third-order valence-electron chi connectivity index (χ3n) is 2.02. The van der Waals surface area contributed by atoms with Gasteiger partial charge in [0.2, 0.25) is 0 Å². The van der Waals surface area contributed by atoms with E-state index in [1.807, 2.05) is 19.1 Å². The summed E-state index contributed by atoms with van der Waals surface area (Å²) in [6, 6.07) is 3.79. The van der Waals surface area contributed by atoms with Gasteiger partial charge >= 0.3 is 5.97 Å². The Morgan fingerprint density at radius 1 is 1.47 bits per heavy atom. The van der Waals surface area contributed by atoms with Gasteiger partial charge in [0.25, 0.3) is 0 Å². The van der Waals surface area contributed by atoms with E-state index < -0.39 is 0 Å². The number of ether oxygens (including phenoxy) is 1. The minimum atomic E-state index is -0.271. The second-order valence-corrected chi connectivity index (χ2v) is 4.53. The molecule has 4 heteroatoms. The Morgan fingerprint density at radius 3 is 2.67 bits per heavy atom. The van der Waals surface area contributed by atoms with Crippen LogP contribution < -0.4 is 0 Å². The maximum atomic E-state index is 11.6.